The van der Waals surface area contributed by atoms with Crippen molar-refractivity contribution in [2.75, 3.05) is 25.8 Å². The second kappa shape index (κ2) is 7.57. The van der Waals surface area contributed by atoms with Crippen LogP contribution in [0.1, 0.15) is 12.5 Å². The van der Waals surface area contributed by atoms with Crippen LogP contribution in [0.15, 0.2) is 47.6 Å². The molecule has 0 atom stereocenters. The van der Waals surface area contributed by atoms with Crippen LogP contribution in [0.5, 0.6) is 17.2 Å². The number of hydrazone groups is 1. The van der Waals surface area contributed by atoms with Gasteiger partial charge in [-0.15, -0.1) is 0 Å². The van der Waals surface area contributed by atoms with Crippen molar-refractivity contribution in [2.24, 2.45) is 5.10 Å². The maximum absolute atomic E-state index is 11.9. The molecule has 0 unspecified atom stereocenters. The van der Waals surface area contributed by atoms with Crippen molar-refractivity contribution >= 4 is 17.3 Å². The zero-order chi connectivity index (χ0) is 17.6. The number of amides is 1. The Hall–Kier alpha value is -3.22. The van der Waals surface area contributed by atoms with Gasteiger partial charge in [0, 0.05) is 11.3 Å². The first-order chi connectivity index (χ1) is 12.2. The highest BCUT2D eigenvalue weighted by molar-refractivity contribution is 6.00. The number of anilines is 1. The summed E-state index contributed by atoms with van der Waals surface area (Å²) in [6.07, 6.45) is 0. The van der Waals surface area contributed by atoms with Gasteiger partial charge in [-0.1, -0.05) is 0 Å². The summed E-state index contributed by atoms with van der Waals surface area (Å²) < 4.78 is 15.7. The fourth-order valence-corrected chi connectivity index (χ4v) is 2.26. The number of carbonyl (C=O) groups is 1. The monoisotopic (exact) mass is 341 g/mol. The average molecular weight is 341 g/mol. The number of nitrogens with zero attached hydrogens (tertiary/aromatic N) is 1. The van der Waals surface area contributed by atoms with Gasteiger partial charge in [0.2, 0.25) is 6.79 Å². The van der Waals surface area contributed by atoms with Crippen LogP contribution in [-0.4, -0.2) is 32.1 Å². The Morgan fingerprint density at radius 1 is 1.16 bits per heavy atom. The molecule has 0 bridgehead atoms. The Kier molecular flexibility index (Phi) is 5.03. The molecule has 0 saturated carbocycles. The van der Waals surface area contributed by atoms with Gasteiger partial charge >= 0.3 is 0 Å². The standard InChI is InChI=1S/C18H19N3O4/c1-12(13-3-8-16-17(9-13)25-11-24-16)20-21-18(22)10-19-14-4-6-15(23-2)7-5-14/h3-9,19H,10-11H2,1-2H3,(H,21,22)/b20-12-. The molecule has 0 spiro atoms. The summed E-state index contributed by atoms with van der Waals surface area (Å²) in [4.78, 5) is 11.9. The topological polar surface area (TPSA) is 81.2 Å². The van der Waals surface area contributed by atoms with Gasteiger partial charge in [-0.2, -0.15) is 5.10 Å². The molecule has 3 rings (SSSR count). The molecule has 0 radical (unpaired) electrons. The zero-order valence-corrected chi connectivity index (χ0v) is 14.0. The first-order valence-corrected chi connectivity index (χ1v) is 7.77. The number of fused-ring (bicyclic) bond motifs is 1. The highest BCUT2D eigenvalue weighted by Gasteiger charge is 2.14. The second-order valence-electron chi connectivity index (χ2n) is 5.38. The van der Waals surface area contributed by atoms with E-state index < -0.39 is 0 Å². The minimum absolute atomic E-state index is 0.115. The summed E-state index contributed by atoms with van der Waals surface area (Å²) in [5.41, 5.74) is 4.89. The lowest BCUT2D eigenvalue weighted by atomic mass is 10.1. The largest absolute Gasteiger partial charge is 0.497 e. The number of nitrogens with one attached hydrogen (secondary N) is 2. The van der Waals surface area contributed by atoms with Crippen molar-refractivity contribution < 1.29 is 19.0 Å². The lowest BCUT2D eigenvalue weighted by Crippen LogP contribution is -2.26. The van der Waals surface area contributed by atoms with Crippen LogP contribution in [0, 0.1) is 0 Å². The summed E-state index contributed by atoms with van der Waals surface area (Å²) in [5.74, 6) is 1.92. The van der Waals surface area contributed by atoms with Crippen molar-refractivity contribution in [2.45, 2.75) is 6.92 Å². The third-order valence-corrected chi connectivity index (χ3v) is 3.68. The smallest absolute Gasteiger partial charge is 0.259 e. The van der Waals surface area contributed by atoms with Crippen molar-refractivity contribution in [3.05, 3.63) is 48.0 Å². The molecule has 0 fully saturated rings. The molecule has 130 valence electrons. The number of hydrogen-bond acceptors (Lipinski definition) is 6. The molecule has 1 amide bonds. The van der Waals surface area contributed by atoms with Crippen molar-refractivity contribution in [1.82, 2.24) is 5.43 Å². The van der Waals surface area contributed by atoms with E-state index in [1.807, 2.05) is 49.4 Å². The van der Waals surface area contributed by atoms with E-state index in [-0.39, 0.29) is 19.2 Å². The van der Waals surface area contributed by atoms with Crippen molar-refractivity contribution in [3.8, 4) is 17.2 Å². The molecular weight excluding hydrogens is 322 g/mol. The number of methoxy groups -OCH3 is 1. The normalized spacial score (nSPS) is 12.6. The second-order valence-corrected chi connectivity index (χ2v) is 5.38. The van der Waals surface area contributed by atoms with Crippen LogP contribution in [0.2, 0.25) is 0 Å². The lowest BCUT2D eigenvalue weighted by Gasteiger charge is -2.07. The summed E-state index contributed by atoms with van der Waals surface area (Å²) in [6.45, 7) is 2.15. The van der Waals surface area contributed by atoms with Crippen LogP contribution >= 0.6 is 0 Å². The maximum Gasteiger partial charge on any atom is 0.259 e. The van der Waals surface area contributed by atoms with Gasteiger partial charge in [0.1, 0.15) is 5.75 Å². The summed E-state index contributed by atoms with van der Waals surface area (Å²) in [5, 5.41) is 7.14. The molecule has 1 aliphatic heterocycles. The summed E-state index contributed by atoms with van der Waals surface area (Å²) in [6, 6.07) is 12.9. The molecule has 1 heterocycles. The summed E-state index contributed by atoms with van der Waals surface area (Å²) in [7, 11) is 1.61. The van der Waals surface area contributed by atoms with E-state index in [2.05, 4.69) is 15.8 Å². The molecule has 1 aliphatic rings. The highest BCUT2D eigenvalue weighted by atomic mass is 16.7. The Bertz CT molecular complexity index is 787. The fourth-order valence-electron chi connectivity index (χ4n) is 2.26. The molecule has 7 heteroatoms. The molecule has 0 aliphatic carbocycles. The number of hydrogen-bond donors (Lipinski definition) is 2. The van der Waals surface area contributed by atoms with Crippen LogP contribution in [-0.2, 0) is 4.79 Å². The molecule has 2 N–H and O–H groups in total. The van der Waals surface area contributed by atoms with Gasteiger partial charge in [0.25, 0.3) is 5.91 Å². The number of rotatable bonds is 6. The van der Waals surface area contributed by atoms with Crippen LogP contribution < -0.4 is 25.0 Å². The highest BCUT2D eigenvalue weighted by Crippen LogP contribution is 2.32. The fraction of sp³-hybridized carbons (Fsp3) is 0.222. The quantitative estimate of drug-likeness (QED) is 0.623. The van der Waals surface area contributed by atoms with Gasteiger partial charge in [-0.3, -0.25) is 4.79 Å². The average Bonchev–Trinajstić information content (AvgIpc) is 3.12. The Labute approximate surface area is 145 Å². The maximum atomic E-state index is 11.9. The SMILES string of the molecule is COc1ccc(NCC(=O)N/N=C(/C)c2ccc3c(c2)OCO3)cc1. The first kappa shape index (κ1) is 16.6. The van der Waals surface area contributed by atoms with E-state index in [0.717, 1.165) is 17.0 Å². The van der Waals surface area contributed by atoms with Crippen LogP contribution in [0.3, 0.4) is 0 Å². The van der Waals surface area contributed by atoms with Gasteiger partial charge in [-0.25, -0.2) is 5.43 Å². The summed E-state index contributed by atoms with van der Waals surface area (Å²) >= 11 is 0. The lowest BCUT2D eigenvalue weighted by molar-refractivity contribution is -0.119. The first-order valence-electron chi connectivity index (χ1n) is 7.77. The Morgan fingerprint density at radius 2 is 1.92 bits per heavy atom. The molecule has 25 heavy (non-hydrogen) atoms. The van der Waals surface area contributed by atoms with Crippen molar-refractivity contribution in [3.63, 3.8) is 0 Å². The molecule has 0 aromatic heterocycles. The predicted molar refractivity (Wildman–Crippen MR) is 94.4 cm³/mol. The van der Waals surface area contributed by atoms with Gasteiger partial charge < -0.3 is 19.5 Å². The van der Waals surface area contributed by atoms with E-state index in [4.69, 9.17) is 14.2 Å². The van der Waals surface area contributed by atoms with E-state index >= 15 is 0 Å². The molecule has 2 aromatic carbocycles. The molecule has 0 saturated heterocycles. The van der Waals surface area contributed by atoms with Crippen molar-refractivity contribution in [1.29, 1.82) is 0 Å². The minimum Gasteiger partial charge on any atom is -0.497 e. The van der Waals surface area contributed by atoms with Gasteiger partial charge in [0.15, 0.2) is 11.5 Å². The number of ether oxygens (including phenoxy) is 3. The van der Waals surface area contributed by atoms with E-state index in [1.165, 1.54) is 0 Å². The minimum atomic E-state index is -0.240. The van der Waals surface area contributed by atoms with Crippen LogP contribution in [0.25, 0.3) is 0 Å². The predicted octanol–water partition coefficient (Wildman–Crippen LogP) is 2.38. The molecule has 2 aromatic rings. The number of benzene rings is 2. The zero-order valence-electron chi connectivity index (χ0n) is 14.0. The van der Waals surface area contributed by atoms with Gasteiger partial charge in [0.05, 0.1) is 19.4 Å². The van der Waals surface area contributed by atoms with Gasteiger partial charge in [-0.05, 0) is 49.4 Å². The molecular formula is C18H19N3O4. The third-order valence-electron chi connectivity index (χ3n) is 3.68. The Balaban J connectivity index is 1.52. The third kappa shape index (κ3) is 4.20. The van der Waals surface area contributed by atoms with E-state index in [1.54, 1.807) is 7.11 Å². The van der Waals surface area contributed by atoms with E-state index in [0.29, 0.717) is 17.2 Å². The number of carbonyl (C=O) groups excluding carboxylic acids is 1. The molecule has 7 nitrogen and oxygen atoms in total. The van der Waals surface area contributed by atoms with E-state index in [9.17, 15) is 4.79 Å². The Morgan fingerprint density at radius 3 is 2.68 bits per heavy atom. The van der Waals surface area contributed by atoms with Crippen LogP contribution in [0.4, 0.5) is 5.69 Å².